The molecule has 5 nitrogen and oxygen atoms in total. The molecule has 3 rings (SSSR count). The summed E-state index contributed by atoms with van der Waals surface area (Å²) in [5, 5.41) is 3.11. The maximum absolute atomic E-state index is 12.6. The molecule has 0 unspecified atom stereocenters. The van der Waals surface area contributed by atoms with Crippen LogP contribution in [0.5, 0.6) is 0 Å². The fraction of sp³-hybridized carbons (Fsp3) is 0.417. The van der Waals surface area contributed by atoms with Crippen LogP contribution in [0.1, 0.15) is 49.0 Å². The summed E-state index contributed by atoms with van der Waals surface area (Å²) in [6, 6.07) is 15.9. The molecule has 0 spiro atoms. The molecule has 1 aliphatic heterocycles. The SMILES string of the molecule is CC[C@H](C)c1ccccc1NC(=O)CN1CCN(c2ccc(C(C)=O)cc2)CC1. The van der Waals surface area contributed by atoms with Crippen molar-refractivity contribution in [2.24, 2.45) is 0 Å². The molecular weight excluding hydrogens is 362 g/mol. The first-order chi connectivity index (χ1) is 14.0. The van der Waals surface area contributed by atoms with E-state index >= 15 is 0 Å². The molecule has 0 bridgehead atoms. The van der Waals surface area contributed by atoms with Crippen LogP contribution in [0.3, 0.4) is 0 Å². The van der Waals surface area contributed by atoms with Gasteiger partial charge in [0.1, 0.15) is 0 Å². The van der Waals surface area contributed by atoms with Crippen LogP contribution in [0.25, 0.3) is 0 Å². The zero-order valence-corrected chi connectivity index (χ0v) is 17.6. The molecule has 154 valence electrons. The number of Topliss-reactive ketones (excluding diaryl/α,β-unsaturated/α-hetero) is 1. The van der Waals surface area contributed by atoms with Crippen molar-refractivity contribution in [1.82, 2.24) is 4.90 Å². The number of hydrogen-bond donors (Lipinski definition) is 1. The number of ketones is 1. The van der Waals surface area contributed by atoms with Gasteiger partial charge in [-0.2, -0.15) is 0 Å². The van der Waals surface area contributed by atoms with Crippen LogP contribution in [-0.4, -0.2) is 49.3 Å². The lowest BCUT2D eigenvalue weighted by molar-refractivity contribution is -0.117. The van der Waals surface area contributed by atoms with Crippen molar-refractivity contribution >= 4 is 23.1 Å². The second-order valence-corrected chi connectivity index (χ2v) is 7.81. The van der Waals surface area contributed by atoms with Crippen molar-refractivity contribution in [2.45, 2.75) is 33.1 Å². The van der Waals surface area contributed by atoms with Gasteiger partial charge in [-0.1, -0.05) is 32.0 Å². The van der Waals surface area contributed by atoms with E-state index in [1.807, 2.05) is 42.5 Å². The highest BCUT2D eigenvalue weighted by Gasteiger charge is 2.20. The average molecular weight is 394 g/mol. The quantitative estimate of drug-likeness (QED) is 0.718. The van der Waals surface area contributed by atoms with Crippen molar-refractivity contribution < 1.29 is 9.59 Å². The van der Waals surface area contributed by atoms with E-state index in [2.05, 4.69) is 35.0 Å². The van der Waals surface area contributed by atoms with Crippen LogP contribution in [0.4, 0.5) is 11.4 Å². The van der Waals surface area contributed by atoms with Gasteiger partial charge in [0.15, 0.2) is 5.78 Å². The molecule has 1 heterocycles. The molecule has 1 amide bonds. The number of anilines is 2. The van der Waals surface area contributed by atoms with E-state index in [4.69, 9.17) is 0 Å². The fourth-order valence-electron chi connectivity index (χ4n) is 3.72. The normalized spacial score (nSPS) is 15.8. The Morgan fingerprint density at radius 2 is 1.66 bits per heavy atom. The van der Waals surface area contributed by atoms with Gasteiger partial charge in [0.25, 0.3) is 0 Å². The van der Waals surface area contributed by atoms with Crippen molar-refractivity contribution in [1.29, 1.82) is 0 Å². The predicted molar refractivity (Wildman–Crippen MR) is 119 cm³/mol. The third-order valence-electron chi connectivity index (χ3n) is 5.76. The molecule has 0 saturated carbocycles. The first-order valence-corrected chi connectivity index (χ1v) is 10.4. The zero-order chi connectivity index (χ0) is 20.8. The maximum Gasteiger partial charge on any atom is 0.238 e. The molecule has 0 radical (unpaired) electrons. The number of benzene rings is 2. The van der Waals surface area contributed by atoms with Gasteiger partial charge in [0, 0.05) is 43.1 Å². The summed E-state index contributed by atoms with van der Waals surface area (Å²) < 4.78 is 0. The molecule has 2 aromatic carbocycles. The minimum atomic E-state index is 0.0417. The van der Waals surface area contributed by atoms with Crippen LogP contribution in [0, 0.1) is 0 Å². The lowest BCUT2D eigenvalue weighted by atomic mass is 9.97. The van der Waals surface area contributed by atoms with Gasteiger partial charge < -0.3 is 10.2 Å². The van der Waals surface area contributed by atoms with Crippen LogP contribution >= 0.6 is 0 Å². The Hall–Kier alpha value is -2.66. The fourth-order valence-corrected chi connectivity index (χ4v) is 3.72. The summed E-state index contributed by atoms with van der Waals surface area (Å²) in [5.41, 5.74) is 3.99. The Labute approximate surface area is 173 Å². The Bertz CT molecular complexity index is 839. The van der Waals surface area contributed by atoms with Crippen molar-refractivity contribution in [3.05, 3.63) is 59.7 Å². The minimum absolute atomic E-state index is 0.0417. The maximum atomic E-state index is 12.6. The zero-order valence-electron chi connectivity index (χ0n) is 17.6. The van der Waals surface area contributed by atoms with E-state index in [0.29, 0.717) is 12.5 Å². The van der Waals surface area contributed by atoms with E-state index in [9.17, 15) is 9.59 Å². The van der Waals surface area contributed by atoms with Crippen molar-refractivity contribution in [2.75, 3.05) is 42.9 Å². The molecule has 29 heavy (non-hydrogen) atoms. The van der Waals surface area contributed by atoms with Gasteiger partial charge in [-0.15, -0.1) is 0 Å². The van der Waals surface area contributed by atoms with Crippen molar-refractivity contribution in [3.63, 3.8) is 0 Å². The van der Waals surface area contributed by atoms with Gasteiger partial charge in [-0.05, 0) is 55.2 Å². The number of rotatable bonds is 7. The molecule has 1 N–H and O–H groups in total. The Morgan fingerprint density at radius 1 is 1.00 bits per heavy atom. The Balaban J connectivity index is 1.52. The van der Waals surface area contributed by atoms with Gasteiger partial charge in [0.2, 0.25) is 5.91 Å². The van der Waals surface area contributed by atoms with Gasteiger partial charge >= 0.3 is 0 Å². The van der Waals surface area contributed by atoms with E-state index in [-0.39, 0.29) is 11.7 Å². The number of para-hydroxylation sites is 1. The minimum Gasteiger partial charge on any atom is -0.369 e. The van der Waals surface area contributed by atoms with Crippen LogP contribution in [0.15, 0.2) is 48.5 Å². The lowest BCUT2D eigenvalue weighted by Crippen LogP contribution is -2.48. The standard InChI is InChI=1S/C24H31N3O2/c1-4-18(2)22-7-5-6-8-23(22)25-24(29)17-26-13-15-27(16-14-26)21-11-9-20(10-12-21)19(3)28/h5-12,18H,4,13-17H2,1-3H3,(H,25,29)/t18-/m0/s1. The number of carbonyl (C=O) groups excluding carboxylic acids is 2. The molecular formula is C24H31N3O2. The monoisotopic (exact) mass is 393 g/mol. The largest absolute Gasteiger partial charge is 0.369 e. The van der Waals surface area contributed by atoms with E-state index in [1.54, 1.807) is 6.92 Å². The summed E-state index contributed by atoms with van der Waals surface area (Å²) in [4.78, 5) is 28.5. The lowest BCUT2D eigenvalue weighted by Gasteiger charge is -2.35. The third kappa shape index (κ3) is 5.45. The molecule has 0 aliphatic carbocycles. The first kappa shape index (κ1) is 21.1. The summed E-state index contributed by atoms with van der Waals surface area (Å²) in [5.74, 6) is 0.548. The smallest absolute Gasteiger partial charge is 0.238 e. The number of hydrogen-bond acceptors (Lipinski definition) is 4. The van der Waals surface area contributed by atoms with Gasteiger partial charge in [-0.25, -0.2) is 0 Å². The van der Waals surface area contributed by atoms with E-state index in [1.165, 1.54) is 5.56 Å². The van der Waals surface area contributed by atoms with Crippen LogP contribution < -0.4 is 10.2 Å². The number of carbonyl (C=O) groups is 2. The number of nitrogens with zero attached hydrogens (tertiary/aromatic N) is 2. The summed E-state index contributed by atoms with van der Waals surface area (Å²) in [6.45, 7) is 9.77. The molecule has 1 fully saturated rings. The molecule has 1 aliphatic rings. The molecule has 1 atom stereocenters. The highest BCUT2D eigenvalue weighted by molar-refractivity contribution is 5.94. The van der Waals surface area contributed by atoms with Gasteiger partial charge in [0.05, 0.1) is 6.54 Å². The summed E-state index contributed by atoms with van der Waals surface area (Å²) >= 11 is 0. The van der Waals surface area contributed by atoms with E-state index < -0.39 is 0 Å². The topological polar surface area (TPSA) is 52.7 Å². The molecule has 2 aromatic rings. The number of amides is 1. The molecule has 0 aromatic heterocycles. The van der Waals surface area contributed by atoms with Crippen LogP contribution in [0.2, 0.25) is 0 Å². The second-order valence-electron chi connectivity index (χ2n) is 7.81. The van der Waals surface area contributed by atoms with Crippen molar-refractivity contribution in [3.8, 4) is 0 Å². The number of nitrogens with one attached hydrogen (secondary N) is 1. The number of piperazine rings is 1. The highest BCUT2D eigenvalue weighted by atomic mass is 16.2. The Kier molecular flexibility index (Phi) is 7.04. The first-order valence-electron chi connectivity index (χ1n) is 10.4. The molecule has 5 heteroatoms. The van der Waals surface area contributed by atoms with E-state index in [0.717, 1.165) is 49.5 Å². The summed E-state index contributed by atoms with van der Waals surface area (Å²) in [7, 11) is 0. The Morgan fingerprint density at radius 3 is 2.28 bits per heavy atom. The molecule has 1 saturated heterocycles. The highest BCUT2D eigenvalue weighted by Crippen LogP contribution is 2.26. The predicted octanol–water partition coefficient (Wildman–Crippen LogP) is 4.16. The second kappa shape index (κ2) is 9.70. The van der Waals surface area contributed by atoms with Gasteiger partial charge in [-0.3, -0.25) is 14.5 Å². The third-order valence-corrected chi connectivity index (χ3v) is 5.76. The average Bonchev–Trinajstić information content (AvgIpc) is 2.74. The summed E-state index contributed by atoms with van der Waals surface area (Å²) in [6.07, 6.45) is 1.04. The van der Waals surface area contributed by atoms with Crippen LogP contribution in [-0.2, 0) is 4.79 Å².